The topological polar surface area (TPSA) is 106 Å². The number of ether oxygens (including phenoxy) is 1. The summed E-state index contributed by atoms with van der Waals surface area (Å²) in [6, 6.07) is 2.84. The standard InChI is InChI=1S/C11H16N4O3/c1-18-10(16)8-2-3-9(15-6-8)7-13-4-5-14-11(12)17/h2-3,6,13H,4-5,7H2,1H3,(H3,12,14,17). The lowest BCUT2D eigenvalue weighted by Gasteiger charge is -2.05. The van der Waals surface area contributed by atoms with Crippen LogP contribution in [0.3, 0.4) is 0 Å². The van der Waals surface area contributed by atoms with Crippen LogP contribution in [0.4, 0.5) is 4.79 Å². The molecule has 0 atom stereocenters. The molecule has 18 heavy (non-hydrogen) atoms. The zero-order valence-electron chi connectivity index (χ0n) is 10.1. The summed E-state index contributed by atoms with van der Waals surface area (Å²) >= 11 is 0. The second-order valence-corrected chi connectivity index (χ2v) is 3.50. The molecule has 7 nitrogen and oxygen atoms in total. The van der Waals surface area contributed by atoms with Gasteiger partial charge in [0, 0.05) is 25.8 Å². The maximum absolute atomic E-state index is 11.2. The Labute approximate surface area is 105 Å². The van der Waals surface area contributed by atoms with Crippen LogP contribution in [0, 0.1) is 0 Å². The van der Waals surface area contributed by atoms with Crippen LogP contribution in [-0.4, -0.2) is 37.2 Å². The summed E-state index contributed by atoms with van der Waals surface area (Å²) in [6.07, 6.45) is 1.46. The number of carbonyl (C=O) groups is 2. The van der Waals surface area contributed by atoms with Crippen molar-refractivity contribution in [1.82, 2.24) is 15.6 Å². The number of pyridine rings is 1. The van der Waals surface area contributed by atoms with Crippen LogP contribution in [0.2, 0.25) is 0 Å². The van der Waals surface area contributed by atoms with Crippen LogP contribution in [0.5, 0.6) is 0 Å². The number of methoxy groups -OCH3 is 1. The third-order valence-corrected chi connectivity index (χ3v) is 2.15. The van der Waals surface area contributed by atoms with E-state index in [0.717, 1.165) is 5.69 Å². The predicted molar refractivity (Wildman–Crippen MR) is 64.9 cm³/mol. The molecule has 0 aliphatic heterocycles. The summed E-state index contributed by atoms with van der Waals surface area (Å²) in [7, 11) is 1.32. The predicted octanol–water partition coefficient (Wildman–Crippen LogP) is -0.374. The highest BCUT2D eigenvalue weighted by molar-refractivity contribution is 5.88. The molecule has 2 amide bonds. The van der Waals surface area contributed by atoms with Crippen LogP contribution >= 0.6 is 0 Å². The van der Waals surface area contributed by atoms with Crippen molar-refractivity contribution in [3.8, 4) is 0 Å². The molecule has 98 valence electrons. The minimum atomic E-state index is -0.544. The molecule has 0 bridgehead atoms. The summed E-state index contributed by atoms with van der Waals surface area (Å²) in [5.41, 5.74) is 6.12. The Morgan fingerprint density at radius 3 is 2.72 bits per heavy atom. The van der Waals surface area contributed by atoms with E-state index in [1.165, 1.54) is 13.3 Å². The number of primary amides is 1. The van der Waals surface area contributed by atoms with Gasteiger partial charge in [-0.2, -0.15) is 0 Å². The molecule has 0 saturated heterocycles. The van der Waals surface area contributed by atoms with Crippen molar-refractivity contribution in [3.05, 3.63) is 29.6 Å². The smallest absolute Gasteiger partial charge is 0.339 e. The maximum atomic E-state index is 11.2. The second kappa shape index (κ2) is 7.23. The van der Waals surface area contributed by atoms with Crippen LogP contribution in [0.15, 0.2) is 18.3 Å². The van der Waals surface area contributed by atoms with Gasteiger partial charge < -0.3 is 21.1 Å². The van der Waals surface area contributed by atoms with Crippen molar-refractivity contribution in [2.75, 3.05) is 20.2 Å². The molecule has 0 spiro atoms. The van der Waals surface area contributed by atoms with Crippen LogP contribution in [-0.2, 0) is 11.3 Å². The molecular weight excluding hydrogens is 236 g/mol. The van der Waals surface area contributed by atoms with Gasteiger partial charge in [-0.15, -0.1) is 0 Å². The fourth-order valence-electron chi connectivity index (χ4n) is 1.26. The number of nitrogens with zero attached hydrogens (tertiary/aromatic N) is 1. The largest absolute Gasteiger partial charge is 0.465 e. The molecule has 4 N–H and O–H groups in total. The van der Waals surface area contributed by atoms with Gasteiger partial charge in [0.15, 0.2) is 0 Å². The number of carbonyl (C=O) groups excluding carboxylic acids is 2. The molecule has 0 fully saturated rings. The summed E-state index contributed by atoms with van der Waals surface area (Å²) in [4.78, 5) is 25.7. The first-order chi connectivity index (χ1) is 8.63. The number of rotatable bonds is 6. The lowest BCUT2D eigenvalue weighted by molar-refractivity contribution is 0.0600. The summed E-state index contributed by atoms with van der Waals surface area (Å²) in [5, 5.41) is 5.53. The van der Waals surface area contributed by atoms with Gasteiger partial charge in [-0.25, -0.2) is 9.59 Å². The van der Waals surface area contributed by atoms with Gasteiger partial charge >= 0.3 is 12.0 Å². The van der Waals surface area contributed by atoms with Crippen molar-refractivity contribution >= 4 is 12.0 Å². The molecule has 0 aliphatic carbocycles. The van der Waals surface area contributed by atoms with Crippen molar-refractivity contribution < 1.29 is 14.3 Å². The van der Waals surface area contributed by atoms with Gasteiger partial charge in [-0.3, -0.25) is 4.98 Å². The summed E-state index contributed by atoms with van der Waals surface area (Å²) in [6.45, 7) is 1.58. The van der Waals surface area contributed by atoms with Crippen LogP contribution < -0.4 is 16.4 Å². The van der Waals surface area contributed by atoms with E-state index in [9.17, 15) is 9.59 Å². The molecule has 1 aromatic heterocycles. The first-order valence-corrected chi connectivity index (χ1v) is 5.40. The van der Waals surface area contributed by atoms with Crippen molar-refractivity contribution in [3.63, 3.8) is 0 Å². The molecular formula is C11H16N4O3. The van der Waals surface area contributed by atoms with Crippen molar-refractivity contribution in [1.29, 1.82) is 0 Å². The number of nitrogens with one attached hydrogen (secondary N) is 2. The van der Waals surface area contributed by atoms with E-state index in [4.69, 9.17) is 5.73 Å². The van der Waals surface area contributed by atoms with Gasteiger partial charge in [0.25, 0.3) is 0 Å². The van der Waals surface area contributed by atoms with E-state index in [-0.39, 0.29) is 0 Å². The molecule has 0 unspecified atom stereocenters. The van der Waals surface area contributed by atoms with E-state index < -0.39 is 12.0 Å². The zero-order chi connectivity index (χ0) is 13.4. The minimum absolute atomic E-state index is 0.410. The maximum Gasteiger partial charge on any atom is 0.339 e. The third-order valence-electron chi connectivity index (χ3n) is 2.15. The fourth-order valence-corrected chi connectivity index (χ4v) is 1.26. The summed E-state index contributed by atoms with van der Waals surface area (Å²) < 4.78 is 4.57. The molecule has 0 saturated carbocycles. The molecule has 0 aliphatic rings. The number of nitrogens with two attached hydrogens (primary N) is 1. The first kappa shape index (κ1) is 13.9. The molecule has 7 heteroatoms. The van der Waals surface area contributed by atoms with Gasteiger partial charge in [0.1, 0.15) is 0 Å². The first-order valence-electron chi connectivity index (χ1n) is 5.40. The van der Waals surface area contributed by atoms with Crippen LogP contribution in [0.1, 0.15) is 16.1 Å². The minimum Gasteiger partial charge on any atom is -0.465 e. The SMILES string of the molecule is COC(=O)c1ccc(CNCCNC(N)=O)nc1. The lowest BCUT2D eigenvalue weighted by atomic mass is 10.2. The third kappa shape index (κ3) is 4.79. The van der Waals surface area contributed by atoms with Gasteiger partial charge in [0.05, 0.1) is 18.4 Å². The summed E-state index contributed by atoms with van der Waals surface area (Å²) in [5.74, 6) is -0.410. The fraction of sp³-hybridized carbons (Fsp3) is 0.364. The number of hydrogen-bond acceptors (Lipinski definition) is 5. The molecule has 0 radical (unpaired) electrons. The monoisotopic (exact) mass is 252 g/mol. The Morgan fingerprint density at radius 2 is 2.17 bits per heavy atom. The molecule has 1 aromatic rings. The molecule has 0 aromatic carbocycles. The average Bonchev–Trinajstić information content (AvgIpc) is 2.38. The Balaban J connectivity index is 2.31. The Morgan fingerprint density at radius 1 is 1.39 bits per heavy atom. The number of amides is 2. The Bertz CT molecular complexity index is 405. The molecule has 1 heterocycles. The van der Waals surface area contributed by atoms with Crippen LogP contribution in [0.25, 0.3) is 0 Å². The highest BCUT2D eigenvalue weighted by atomic mass is 16.5. The van der Waals surface area contributed by atoms with E-state index in [1.54, 1.807) is 12.1 Å². The quantitative estimate of drug-likeness (QED) is 0.473. The second-order valence-electron chi connectivity index (χ2n) is 3.50. The number of esters is 1. The Kier molecular flexibility index (Phi) is 5.59. The molecule has 1 rings (SSSR count). The zero-order valence-corrected chi connectivity index (χ0v) is 10.1. The van der Waals surface area contributed by atoms with E-state index in [2.05, 4.69) is 20.4 Å². The van der Waals surface area contributed by atoms with E-state index in [0.29, 0.717) is 25.2 Å². The lowest BCUT2D eigenvalue weighted by Crippen LogP contribution is -2.35. The normalized spacial score (nSPS) is 9.83. The number of hydrogen-bond donors (Lipinski definition) is 3. The van der Waals surface area contributed by atoms with Gasteiger partial charge in [-0.1, -0.05) is 0 Å². The highest BCUT2D eigenvalue weighted by Crippen LogP contribution is 2.01. The van der Waals surface area contributed by atoms with E-state index in [1.807, 2.05) is 0 Å². The Hall–Kier alpha value is -2.15. The number of urea groups is 1. The van der Waals surface area contributed by atoms with Gasteiger partial charge in [-0.05, 0) is 12.1 Å². The number of aromatic nitrogens is 1. The highest BCUT2D eigenvalue weighted by Gasteiger charge is 2.04. The van der Waals surface area contributed by atoms with Crippen molar-refractivity contribution in [2.45, 2.75) is 6.54 Å². The average molecular weight is 252 g/mol. The van der Waals surface area contributed by atoms with E-state index >= 15 is 0 Å². The van der Waals surface area contributed by atoms with Crippen molar-refractivity contribution in [2.24, 2.45) is 5.73 Å². The van der Waals surface area contributed by atoms with Gasteiger partial charge in [0.2, 0.25) is 0 Å².